The minimum Gasteiger partial charge on any atom is -0.478 e. The molecule has 0 heterocycles. The van der Waals surface area contributed by atoms with E-state index in [2.05, 4.69) is 44.3 Å². The quantitative estimate of drug-likeness (QED) is 0.644. The Labute approximate surface area is 97.6 Å². The SMILES string of the molecule is CC(=C[Si](C)(C)c1ccc(C)cc1)C(=O)O. The molecule has 0 aliphatic heterocycles. The van der Waals surface area contributed by atoms with E-state index in [9.17, 15) is 4.79 Å². The molecule has 0 radical (unpaired) electrons. The van der Waals surface area contributed by atoms with Crippen molar-refractivity contribution in [3.8, 4) is 0 Å². The Morgan fingerprint density at radius 2 is 1.75 bits per heavy atom. The van der Waals surface area contributed by atoms with Crippen LogP contribution in [0.5, 0.6) is 0 Å². The monoisotopic (exact) mass is 234 g/mol. The molecule has 1 aromatic rings. The van der Waals surface area contributed by atoms with E-state index in [-0.39, 0.29) is 0 Å². The van der Waals surface area contributed by atoms with Crippen LogP contribution in [0.15, 0.2) is 35.5 Å². The lowest BCUT2D eigenvalue weighted by Gasteiger charge is -2.19. The molecular weight excluding hydrogens is 216 g/mol. The summed E-state index contributed by atoms with van der Waals surface area (Å²) in [7, 11) is -1.77. The Bertz CT molecular complexity index is 416. The van der Waals surface area contributed by atoms with E-state index in [0.29, 0.717) is 5.57 Å². The summed E-state index contributed by atoms with van der Waals surface area (Å²) in [5, 5.41) is 10.2. The highest BCUT2D eigenvalue weighted by Gasteiger charge is 2.21. The van der Waals surface area contributed by atoms with Gasteiger partial charge in [0.25, 0.3) is 0 Å². The highest BCUT2D eigenvalue weighted by atomic mass is 28.3. The summed E-state index contributed by atoms with van der Waals surface area (Å²) in [4.78, 5) is 10.8. The van der Waals surface area contributed by atoms with Crippen LogP contribution in [0, 0.1) is 6.92 Å². The van der Waals surface area contributed by atoms with Crippen LogP contribution in [0.2, 0.25) is 13.1 Å². The van der Waals surface area contributed by atoms with Gasteiger partial charge in [-0.25, -0.2) is 4.79 Å². The van der Waals surface area contributed by atoms with Gasteiger partial charge in [0.05, 0.1) is 0 Å². The van der Waals surface area contributed by atoms with Crippen molar-refractivity contribution in [2.75, 3.05) is 0 Å². The van der Waals surface area contributed by atoms with Crippen LogP contribution in [0.3, 0.4) is 0 Å². The third kappa shape index (κ3) is 3.07. The Morgan fingerprint density at radius 1 is 1.25 bits per heavy atom. The molecule has 0 aliphatic carbocycles. The molecule has 2 nitrogen and oxygen atoms in total. The first kappa shape index (κ1) is 12.7. The number of rotatable bonds is 3. The summed E-state index contributed by atoms with van der Waals surface area (Å²) in [5.41, 5.74) is 3.60. The van der Waals surface area contributed by atoms with Gasteiger partial charge in [0.2, 0.25) is 0 Å². The van der Waals surface area contributed by atoms with Crippen LogP contribution in [0.4, 0.5) is 0 Å². The molecule has 0 aliphatic rings. The van der Waals surface area contributed by atoms with Crippen molar-refractivity contribution in [1.82, 2.24) is 0 Å². The maximum Gasteiger partial charge on any atom is 0.330 e. The van der Waals surface area contributed by atoms with E-state index in [1.807, 2.05) is 5.70 Å². The third-order valence-corrected chi connectivity index (χ3v) is 5.69. The minimum absolute atomic E-state index is 0.442. The summed E-state index contributed by atoms with van der Waals surface area (Å²) in [6.07, 6.45) is 0. The number of aryl methyl sites for hydroxylation is 1. The number of hydrogen-bond acceptors (Lipinski definition) is 1. The summed E-state index contributed by atoms with van der Waals surface area (Å²) in [5.74, 6) is -0.826. The van der Waals surface area contributed by atoms with Gasteiger partial charge in [-0.05, 0) is 13.8 Å². The van der Waals surface area contributed by atoms with E-state index in [1.165, 1.54) is 10.8 Å². The van der Waals surface area contributed by atoms with Crippen molar-refractivity contribution in [3.63, 3.8) is 0 Å². The fourth-order valence-electron chi connectivity index (χ4n) is 1.67. The second-order valence-corrected chi connectivity index (χ2v) is 9.03. The highest BCUT2D eigenvalue weighted by molar-refractivity contribution is 6.94. The number of hydrogen-bond donors (Lipinski definition) is 1. The first-order valence-corrected chi connectivity index (χ1v) is 8.40. The molecule has 0 fully saturated rings. The molecule has 0 unspecified atom stereocenters. The zero-order valence-corrected chi connectivity index (χ0v) is 11.2. The molecule has 0 bridgehead atoms. The summed E-state index contributed by atoms with van der Waals surface area (Å²) < 4.78 is 0. The van der Waals surface area contributed by atoms with Crippen LogP contribution in [-0.4, -0.2) is 19.1 Å². The zero-order valence-electron chi connectivity index (χ0n) is 10.2. The molecule has 0 atom stereocenters. The van der Waals surface area contributed by atoms with Crippen LogP contribution in [0.25, 0.3) is 0 Å². The maximum atomic E-state index is 10.8. The summed E-state index contributed by atoms with van der Waals surface area (Å²) in [6.45, 7) is 8.02. The van der Waals surface area contributed by atoms with Gasteiger partial charge < -0.3 is 5.11 Å². The Morgan fingerprint density at radius 3 is 2.19 bits per heavy atom. The van der Waals surface area contributed by atoms with Crippen molar-refractivity contribution in [3.05, 3.63) is 41.1 Å². The zero-order chi connectivity index (χ0) is 12.3. The smallest absolute Gasteiger partial charge is 0.330 e. The normalized spacial score (nSPS) is 12.6. The fourth-order valence-corrected chi connectivity index (χ4v) is 4.07. The topological polar surface area (TPSA) is 37.3 Å². The van der Waals surface area contributed by atoms with Crippen LogP contribution >= 0.6 is 0 Å². The van der Waals surface area contributed by atoms with Crippen molar-refractivity contribution in [2.24, 2.45) is 0 Å². The van der Waals surface area contributed by atoms with Crippen LogP contribution in [0.1, 0.15) is 12.5 Å². The number of aliphatic carboxylic acids is 1. The maximum absolute atomic E-state index is 10.8. The molecule has 1 rings (SSSR count). The van der Waals surface area contributed by atoms with Gasteiger partial charge in [-0.3, -0.25) is 0 Å². The van der Waals surface area contributed by atoms with Gasteiger partial charge >= 0.3 is 5.97 Å². The van der Waals surface area contributed by atoms with Crippen molar-refractivity contribution in [2.45, 2.75) is 26.9 Å². The molecule has 3 heteroatoms. The average molecular weight is 234 g/mol. The largest absolute Gasteiger partial charge is 0.478 e. The molecule has 86 valence electrons. The average Bonchev–Trinajstić information content (AvgIpc) is 2.17. The lowest BCUT2D eigenvalue weighted by molar-refractivity contribution is -0.132. The Balaban J connectivity index is 3.06. The van der Waals surface area contributed by atoms with Crippen molar-refractivity contribution < 1.29 is 9.90 Å². The second kappa shape index (κ2) is 4.66. The van der Waals surface area contributed by atoms with E-state index < -0.39 is 14.0 Å². The van der Waals surface area contributed by atoms with E-state index in [0.717, 1.165) is 0 Å². The lowest BCUT2D eigenvalue weighted by atomic mass is 10.2. The molecule has 0 saturated carbocycles. The number of benzene rings is 1. The predicted molar refractivity (Wildman–Crippen MR) is 69.7 cm³/mol. The predicted octanol–water partition coefficient (Wildman–Crippen LogP) is 2.48. The molecule has 16 heavy (non-hydrogen) atoms. The van der Waals surface area contributed by atoms with Crippen LogP contribution < -0.4 is 5.19 Å². The first-order chi connectivity index (χ1) is 7.33. The molecule has 0 spiro atoms. The second-order valence-electron chi connectivity index (χ2n) is 4.72. The summed E-state index contributed by atoms with van der Waals surface area (Å²) >= 11 is 0. The Hall–Kier alpha value is -1.35. The van der Waals surface area contributed by atoms with E-state index in [1.54, 1.807) is 6.92 Å². The fraction of sp³-hybridized carbons (Fsp3) is 0.308. The third-order valence-electron chi connectivity index (χ3n) is 2.71. The van der Waals surface area contributed by atoms with Gasteiger partial charge in [0, 0.05) is 5.57 Å². The molecular formula is C13H18O2Si. The molecule has 0 aromatic heterocycles. The van der Waals surface area contributed by atoms with Crippen LogP contribution in [-0.2, 0) is 4.79 Å². The first-order valence-electron chi connectivity index (χ1n) is 5.33. The van der Waals surface area contributed by atoms with Gasteiger partial charge in [-0.15, -0.1) is 0 Å². The van der Waals surface area contributed by atoms with Gasteiger partial charge in [-0.1, -0.05) is 53.8 Å². The molecule has 0 amide bonds. The Kier molecular flexibility index (Phi) is 3.70. The molecule has 1 N–H and O–H groups in total. The van der Waals surface area contributed by atoms with E-state index >= 15 is 0 Å². The minimum atomic E-state index is -1.77. The van der Waals surface area contributed by atoms with Gasteiger partial charge in [0.15, 0.2) is 0 Å². The lowest BCUT2D eigenvalue weighted by Crippen LogP contribution is -2.40. The number of carboxylic acid groups (broad SMARTS) is 1. The van der Waals surface area contributed by atoms with Crippen molar-refractivity contribution >= 4 is 19.2 Å². The number of carbonyl (C=O) groups is 1. The number of carboxylic acids is 1. The molecule has 0 saturated heterocycles. The van der Waals surface area contributed by atoms with E-state index in [4.69, 9.17) is 5.11 Å². The van der Waals surface area contributed by atoms with Crippen molar-refractivity contribution in [1.29, 1.82) is 0 Å². The standard InChI is InChI=1S/C13H18O2Si/c1-10-5-7-12(8-6-10)16(3,4)9-11(2)13(14)15/h5-9H,1-4H3,(H,14,15). The van der Waals surface area contributed by atoms with Gasteiger partial charge in [0.1, 0.15) is 8.07 Å². The highest BCUT2D eigenvalue weighted by Crippen LogP contribution is 2.09. The summed E-state index contributed by atoms with van der Waals surface area (Å²) in [6, 6.07) is 8.36. The molecule has 1 aromatic carbocycles. The van der Waals surface area contributed by atoms with Gasteiger partial charge in [-0.2, -0.15) is 0 Å².